The molecule has 0 N–H and O–H groups in total. The van der Waals surface area contributed by atoms with Gasteiger partial charge in [0.1, 0.15) is 17.9 Å². The number of aromatic nitrogens is 5. The number of rotatable bonds is 6. The molecule has 3 aromatic heterocycles. The molecular weight excluding hydrogens is 423 g/mol. The van der Waals surface area contributed by atoms with E-state index in [0.29, 0.717) is 36.7 Å². The lowest BCUT2D eigenvalue weighted by Gasteiger charge is -2.32. The second-order valence-corrected chi connectivity index (χ2v) is 7.28. The van der Waals surface area contributed by atoms with Crippen molar-refractivity contribution >= 4 is 17.0 Å². The van der Waals surface area contributed by atoms with Crippen LogP contribution in [0.3, 0.4) is 0 Å². The number of hydrogen-bond donors (Lipinski definition) is 0. The summed E-state index contributed by atoms with van der Waals surface area (Å²) in [5.41, 5.74) is -0.0468. The molecule has 0 saturated carbocycles. The molecule has 1 fully saturated rings. The quantitative estimate of drug-likeness (QED) is 0.541. The number of fused-ring (bicyclic) bond motifs is 1. The van der Waals surface area contributed by atoms with Gasteiger partial charge in [-0.25, -0.2) is 28.4 Å². The summed E-state index contributed by atoms with van der Waals surface area (Å²) < 4.78 is 69.9. The Balaban J connectivity index is 1.32. The zero-order valence-electron chi connectivity index (χ0n) is 16.3. The van der Waals surface area contributed by atoms with Gasteiger partial charge in [-0.05, 0) is 24.8 Å². The van der Waals surface area contributed by atoms with Gasteiger partial charge in [0.2, 0.25) is 5.88 Å². The lowest BCUT2D eigenvalue weighted by Crippen LogP contribution is -2.36. The van der Waals surface area contributed by atoms with E-state index < -0.39 is 24.7 Å². The molecule has 4 heterocycles. The monoisotopic (exact) mass is 442 g/mol. The Morgan fingerprint density at radius 2 is 1.84 bits per heavy atom. The SMILES string of the molecule is FC(F)Cn1ncc2ncc(N3CCC(COc4ccc(C(F)(F)F)cn4)CC3)nc21. The van der Waals surface area contributed by atoms with Crippen molar-refractivity contribution < 1.29 is 26.7 Å². The summed E-state index contributed by atoms with van der Waals surface area (Å²) in [4.78, 5) is 14.4. The van der Waals surface area contributed by atoms with E-state index in [0.717, 1.165) is 29.8 Å². The first-order valence-corrected chi connectivity index (χ1v) is 9.67. The smallest absolute Gasteiger partial charge is 0.417 e. The van der Waals surface area contributed by atoms with Crippen LogP contribution in [0.2, 0.25) is 0 Å². The molecule has 166 valence electrons. The molecule has 0 bridgehead atoms. The van der Waals surface area contributed by atoms with Crippen LogP contribution in [0.15, 0.2) is 30.7 Å². The fourth-order valence-corrected chi connectivity index (χ4v) is 3.42. The first kappa shape index (κ1) is 21.2. The Hall–Kier alpha value is -3.05. The lowest BCUT2D eigenvalue weighted by molar-refractivity contribution is -0.137. The molecule has 7 nitrogen and oxygen atoms in total. The summed E-state index contributed by atoms with van der Waals surface area (Å²) in [6.07, 6.45) is -1.66. The molecule has 1 aliphatic rings. The molecular formula is C19H19F5N6O. The molecule has 1 saturated heterocycles. The van der Waals surface area contributed by atoms with Crippen molar-refractivity contribution in [1.82, 2.24) is 24.7 Å². The van der Waals surface area contributed by atoms with Gasteiger partial charge in [-0.3, -0.25) is 0 Å². The summed E-state index contributed by atoms with van der Waals surface area (Å²) in [6.45, 7) is 1.13. The molecule has 0 unspecified atom stereocenters. The number of pyridine rings is 1. The Kier molecular flexibility index (Phi) is 5.88. The second kappa shape index (κ2) is 8.60. The normalized spacial score (nSPS) is 15.7. The second-order valence-electron chi connectivity index (χ2n) is 7.28. The minimum absolute atomic E-state index is 0.152. The van der Waals surface area contributed by atoms with Gasteiger partial charge >= 0.3 is 6.18 Å². The zero-order chi connectivity index (χ0) is 22.0. The highest BCUT2D eigenvalue weighted by molar-refractivity contribution is 5.71. The number of nitrogens with zero attached hydrogens (tertiary/aromatic N) is 6. The number of hydrogen-bond acceptors (Lipinski definition) is 6. The van der Waals surface area contributed by atoms with Crippen molar-refractivity contribution in [3.8, 4) is 5.88 Å². The largest absolute Gasteiger partial charge is 0.477 e. The third-order valence-corrected chi connectivity index (χ3v) is 5.11. The highest BCUT2D eigenvalue weighted by atomic mass is 19.4. The van der Waals surface area contributed by atoms with E-state index in [1.165, 1.54) is 12.3 Å². The molecule has 12 heteroatoms. The van der Waals surface area contributed by atoms with Crippen molar-refractivity contribution in [2.24, 2.45) is 5.92 Å². The average molecular weight is 442 g/mol. The van der Waals surface area contributed by atoms with Gasteiger partial charge < -0.3 is 9.64 Å². The third-order valence-electron chi connectivity index (χ3n) is 5.11. The molecule has 0 spiro atoms. The van der Waals surface area contributed by atoms with Crippen LogP contribution in [-0.2, 0) is 12.7 Å². The van der Waals surface area contributed by atoms with E-state index >= 15 is 0 Å². The van der Waals surface area contributed by atoms with Gasteiger partial charge in [-0.15, -0.1) is 0 Å². The van der Waals surface area contributed by atoms with Gasteiger partial charge in [0.15, 0.2) is 5.65 Å². The van der Waals surface area contributed by atoms with Crippen LogP contribution in [0.5, 0.6) is 5.88 Å². The number of piperidine rings is 1. The maximum Gasteiger partial charge on any atom is 0.417 e. The minimum atomic E-state index is -4.43. The molecule has 1 aliphatic heterocycles. The van der Waals surface area contributed by atoms with E-state index in [1.54, 1.807) is 6.20 Å². The van der Waals surface area contributed by atoms with E-state index in [1.807, 2.05) is 4.90 Å². The van der Waals surface area contributed by atoms with E-state index in [-0.39, 0.29) is 11.8 Å². The molecule has 4 rings (SSSR count). The van der Waals surface area contributed by atoms with Crippen molar-refractivity contribution in [3.63, 3.8) is 0 Å². The van der Waals surface area contributed by atoms with Crippen molar-refractivity contribution in [3.05, 3.63) is 36.3 Å². The predicted molar refractivity (Wildman–Crippen MR) is 101 cm³/mol. The molecule has 0 atom stereocenters. The number of alkyl halides is 5. The number of anilines is 1. The average Bonchev–Trinajstić information content (AvgIpc) is 3.14. The Bertz CT molecular complexity index is 1010. The van der Waals surface area contributed by atoms with Gasteiger partial charge in [-0.1, -0.05) is 0 Å². The van der Waals surface area contributed by atoms with E-state index in [9.17, 15) is 22.0 Å². The van der Waals surface area contributed by atoms with Gasteiger partial charge in [0.25, 0.3) is 6.43 Å². The van der Waals surface area contributed by atoms with Crippen LogP contribution >= 0.6 is 0 Å². The summed E-state index contributed by atoms with van der Waals surface area (Å²) in [7, 11) is 0. The topological polar surface area (TPSA) is 69.0 Å². The molecule has 3 aromatic rings. The summed E-state index contributed by atoms with van der Waals surface area (Å²) in [6, 6.07) is 2.16. The number of halogens is 5. The van der Waals surface area contributed by atoms with Crippen LogP contribution in [0, 0.1) is 5.92 Å². The van der Waals surface area contributed by atoms with Gasteiger partial charge in [0, 0.05) is 25.4 Å². The highest BCUT2D eigenvalue weighted by Gasteiger charge is 2.30. The fraction of sp³-hybridized carbons (Fsp3) is 0.474. The zero-order valence-corrected chi connectivity index (χ0v) is 16.3. The van der Waals surface area contributed by atoms with Crippen LogP contribution in [0.4, 0.5) is 27.8 Å². The summed E-state index contributed by atoms with van der Waals surface area (Å²) >= 11 is 0. The van der Waals surface area contributed by atoms with Crippen molar-refractivity contribution in [2.45, 2.75) is 32.0 Å². The van der Waals surface area contributed by atoms with E-state index in [4.69, 9.17) is 4.74 Å². The van der Waals surface area contributed by atoms with Gasteiger partial charge in [-0.2, -0.15) is 18.3 Å². The van der Waals surface area contributed by atoms with Crippen molar-refractivity contribution in [2.75, 3.05) is 24.6 Å². The first-order chi connectivity index (χ1) is 14.8. The van der Waals surface area contributed by atoms with E-state index in [2.05, 4.69) is 20.1 Å². The van der Waals surface area contributed by atoms with Crippen LogP contribution in [-0.4, -0.2) is 50.9 Å². The standard InChI is InChI=1S/C19H19F5N6O/c20-15(21)10-30-18-14(8-27-30)25-9-16(28-18)29-5-3-12(4-6-29)11-31-17-2-1-13(7-26-17)19(22,23)24/h1-2,7-9,12,15H,3-6,10-11H2. The molecule has 0 aliphatic carbocycles. The Labute approximate surface area is 173 Å². The predicted octanol–water partition coefficient (Wildman–Crippen LogP) is 3.80. The Morgan fingerprint density at radius 3 is 2.48 bits per heavy atom. The molecule has 0 radical (unpaired) electrons. The highest BCUT2D eigenvalue weighted by Crippen LogP contribution is 2.29. The van der Waals surface area contributed by atoms with Crippen LogP contribution in [0.25, 0.3) is 11.2 Å². The van der Waals surface area contributed by atoms with Crippen molar-refractivity contribution in [1.29, 1.82) is 0 Å². The lowest BCUT2D eigenvalue weighted by atomic mass is 9.98. The number of ether oxygens (including phenoxy) is 1. The molecule has 0 amide bonds. The summed E-state index contributed by atoms with van der Waals surface area (Å²) in [5.74, 6) is 0.952. The molecule has 31 heavy (non-hydrogen) atoms. The Morgan fingerprint density at radius 1 is 1.06 bits per heavy atom. The summed E-state index contributed by atoms with van der Waals surface area (Å²) in [5, 5.41) is 3.91. The van der Waals surface area contributed by atoms with Crippen LogP contribution in [0.1, 0.15) is 18.4 Å². The first-order valence-electron chi connectivity index (χ1n) is 9.67. The maximum atomic E-state index is 12.7. The third kappa shape index (κ3) is 5.00. The molecule has 0 aromatic carbocycles. The maximum absolute atomic E-state index is 12.7. The fourth-order valence-electron chi connectivity index (χ4n) is 3.42. The van der Waals surface area contributed by atoms with Crippen LogP contribution < -0.4 is 9.64 Å². The van der Waals surface area contributed by atoms with Gasteiger partial charge in [0.05, 0.1) is 24.6 Å². The minimum Gasteiger partial charge on any atom is -0.477 e.